The Morgan fingerprint density at radius 1 is 1.09 bits per heavy atom. The number of aromatic nitrogens is 1. The number of hydrogen-bond acceptors (Lipinski definition) is 4. The number of nitrogens with two attached hydrogens (primary N) is 1. The summed E-state index contributed by atoms with van der Waals surface area (Å²) >= 11 is 0. The second-order valence-electron chi connectivity index (χ2n) is 6.94. The summed E-state index contributed by atoms with van der Waals surface area (Å²) in [6, 6.07) is 3.72. The van der Waals surface area contributed by atoms with Crippen LogP contribution in [0.1, 0.15) is 52.8 Å². The lowest BCUT2D eigenvalue weighted by Gasteiger charge is -2.22. The van der Waals surface area contributed by atoms with Crippen molar-refractivity contribution in [2.75, 3.05) is 5.32 Å². The van der Waals surface area contributed by atoms with E-state index in [1.807, 2.05) is 20.8 Å². The molecule has 0 bridgehead atoms. The first-order valence-corrected chi connectivity index (χ1v) is 6.69. The molecule has 124 valence electrons. The van der Waals surface area contributed by atoms with Crippen molar-refractivity contribution in [2.45, 2.75) is 58.8 Å². The Morgan fingerprint density at radius 3 is 1.86 bits per heavy atom. The molecule has 1 aromatic rings. The highest BCUT2D eigenvalue weighted by Crippen LogP contribution is 2.29. The summed E-state index contributed by atoms with van der Waals surface area (Å²) in [5.41, 5.74) is 3.96. The maximum Gasteiger partial charge on any atom is 0.433 e. The zero-order valence-electron chi connectivity index (χ0n) is 13.8. The van der Waals surface area contributed by atoms with E-state index in [0.717, 1.165) is 12.1 Å². The average molecular weight is 316 g/mol. The normalized spacial score (nSPS) is 12.0. The Morgan fingerprint density at radius 2 is 1.55 bits per heavy atom. The molecule has 0 saturated heterocycles. The minimum Gasteiger partial charge on any atom is -0.364 e. The zero-order chi connectivity index (χ0) is 17.8. The van der Waals surface area contributed by atoms with Crippen molar-refractivity contribution in [3.05, 3.63) is 23.4 Å². The molecule has 0 amide bonds. The smallest absolute Gasteiger partial charge is 0.364 e. The molecule has 0 aliphatic heterocycles. The lowest BCUT2D eigenvalue weighted by atomic mass is 10.1. The topological polar surface area (TPSA) is 74.7 Å². The Bertz CT molecular complexity index is 526. The molecular weight excluding hydrogens is 293 g/mol. The first-order valence-electron chi connectivity index (χ1n) is 6.69. The van der Waals surface area contributed by atoms with Crippen LogP contribution < -0.4 is 11.1 Å². The second kappa shape index (κ2) is 6.97. The maximum atomic E-state index is 12.5. The minimum atomic E-state index is -4.51. The van der Waals surface area contributed by atoms with Crippen LogP contribution in [0.2, 0.25) is 0 Å². The maximum absolute atomic E-state index is 12.5. The Kier molecular flexibility index (Phi) is 6.39. The van der Waals surface area contributed by atoms with Crippen molar-refractivity contribution in [2.24, 2.45) is 5.73 Å². The van der Waals surface area contributed by atoms with Crippen molar-refractivity contribution in [3.63, 3.8) is 0 Å². The quantitative estimate of drug-likeness (QED) is 0.823. The molecule has 22 heavy (non-hydrogen) atoms. The van der Waals surface area contributed by atoms with Crippen LogP contribution in [-0.4, -0.2) is 16.1 Å². The molecule has 3 N–H and O–H groups in total. The molecule has 1 rings (SSSR count). The largest absolute Gasteiger partial charge is 0.433 e. The van der Waals surface area contributed by atoms with Crippen molar-refractivity contribution in [3.8, 4) is 6.07 Å². The molecule has 0 unspecified atom stereocenters. The third-order valence-electron chi connectivity index (χ3n) is 1.80. The van der Waals surface area contributed by atoms with Crippen molar-refractivity contribution in [1.29, 1.82) is 5.26 Å². The lowest BCUT2D eigenvalue weighted by Crippen LogP contribution is -2.27. The molecule has 4 nitrogen and oxygen atoms in total. The number of nitrogens with zero attached hydrogens (tertiary/aromatic N) is 2. The number of hydrogen-bond donors (Lipinski definition) is 2. The lowest BCUT2D eigenvalue weighted by molar-refractivity contribution is -0.141. The molecule has 0 atom stereocenters. The number of rotatable bonds is 1. The summed E-state index contributed by atoms with van der Waals surface area (Å²) < 4.78 is 37.4. The van der Waals surface area contributed by atoms with E-state index in [1.54, 1.807) is 26.8 Å². The average Bonchev–Trinajstić information content (AvgIpc) is 2.23. The van der Waals surface area contributed by atoms with E-state index in [4.69, 9.17) is 11.0 Å². The third-order valence-corrected chi connectivity index (χ3v) is 1.80. The van der Waals surface area contributed by atoms with Crippen LogP contribution in [0, 0.1) is 11.3 Å². The molecule has 1 aromatic heterocycles. The molecule has 0 aliphatic rings. The molecule has 0 radical (unpaired) electrons. The zero-order valence-corrected chi connectivity index (χ0v) is 13.8. The summed E-state index contributed by atoms with van der Waals surface area (Å²) in [5, 5.41) is 11.6. The van der Waals surface area contributed by atoms with Gasteiger partial charge in [-0.05, 0) is 53.7 Å². The monoisotopic (exact) mass is 316 g/mol. The van der Waals surface area contributed by atoms with Crippen LogP contribution in [0.3, 0.4) is 0 Å². The Hall–Kier alpha value is -1.81. The number of pyridine rings is 1. The van der Waals surface area contributed by atoms with Gasteiger partial charge < -0.3 is 11.1 Å². The van der Waals surface area contributed by atoms with Crippen LogP contribution >= 0.6 is 0 Å². The second-order valence-corrected chi connectivity index (χ2v) is 6.94. The van der Waals surface area contributed by atoms with Gasteiger partial charge in [0.2, 0.25) is 0 Å². The first-order chi connectivity index (χ1) is 9.63. The van der Waals surface area contributed by atoms with Crippen LogP contribution in [0.4, 0.5) is 19.0 Å². The minimum absolute atomic E-state index is 0. The van der Waals surface area contributed by atoms with E-state index in [0.29, 0.717) is 0 Å². The predicted octanol–water partition coefficient (Wildman–Crippen LogP) is 3.93. The molecule has 0 spiro atoms. The van der Waals surface area contributed by atoms with Crippen LogP contribution in [0.5, 0.6) is 0 Å². The Labute approximate surface area is 129 Å². The van der Waals surface area contributed by atoms with Gasteiger partial charge in [0.15, 0.2) is 0 Å². The first kappa shape index (κ1) is 20.2. The van der Waals surface area contributed by atoms with E-state index in [2.05, 4.69) is 10.3 Å². The van der Waals surface area contributed by atoms with Crippen LogP contribution in [0.25, 0.3) is 0 Å². The van der Waals surface area contributed by atoms with Gasteiger partial charge >= 0.3 is 6.18 Å². The van der Waals surface area contributed by atoms with Gasteiger partial charge in [-0.3, -0.25) is 0 Å². The van der Waals surface area contributed by atoms with E-state index in [1.165, 1.54) is 0 Å². The highest BCUT2D eigenvalue weighted by atomic mass is 19.4. The summed E-state index contributed by atoms with van der Waals surface area (Å²) in [4.78, 5) is 3.44. The highest BCUT2D eigenvalue weighted by molar-refractivity contribution is 5.53. The summed E-state index contributed by atoms with van der Waals surface area (Å²) in [6.45, 7) is 11.2. The van der Waals surface area contributed by atoms with Crippen LogP contribution in [0.15, 0.2) is 12.1 Å². The fourth-order valence-corrected chi connectivity index (χ4v) is 1.16. The Balaban J connectivity index is 0.000000763. The number of nitriles is 1. The van der Waals surface area contributed by atoms with Gasteiger partial charge in [0, 0.05) is 11.1 Å². The van der Waals surface area contributed by atoms with Gasteiger partial charge in [0.05, 0.1) is 5.56 Å². The fraction of sp³-hybridized carbons (Fsp3) is 0.600. The number of alkyl halides is 3. The predicted molar refractivity (Wildman–Crippen MR) is 81.3 cm³/mol. The van der Waals surface area contributed by atoms with Gasteiger partial charge in [0.1, 0.15) is 17.6 Å². The molecular formula is C15H23F3N4. The van der Waals surface area contributed by atoms with Crippen molar-refractivity contribution >= 4 is 5.82 Å². The number of nitrogens with one attached hydrogen (secondary N) is 1. The molecule has 0 aliphatic carbocycles. The van der Waals surface area contributed by atoms with Crippen molar-refractivity contribution in [1.82, 2.24) is 4.98 Å². The summed E-state index contributed by atoms with van der Waals surface area (Å²) in [7, 11) is 0. The van der Waals surface area contributed by atoms with Gasteiger partial charge in [-0.25, -0.2) is 4.98 Å². The third kappa shape index (κ3) is 9.19. The van der Waals surface area contributed by atoms with E-state index in [9.17, 15) is 13.2 Å². The summed E-state index contributed by atoms with van der Waals surface area (Å²) in [5.74, 6) is -0.0465. The molecule has 1 heterocycles. The molecule has 0 aromatic carbocycles. The van der Waals surface area contributed by atoms with Gasteiger partial charge in [-0.2, -0.15) is 18.4 Å². The van der Waals surface area contributed by atoms with E-state index >= 15 is 0 Å². The van der Waals surface area contributed by atoms with E-state index in [-0.39, 0.29) is 16.9 Å². The van der Waals surface area contributed by atoms with Crippen molar-refractivity contribution < 1.29 is 13.2 Å². The standard InChI is InChI=1S/C11H12F3N3.C4H11N/c1-10(2,3)17-9-7(6-15)4-5-8(16-9)11(12,13)14;1-4(2,3)5/h4-5H,1-3H3,(H,16,17);5H2,1-3H3. The summed E-state index contributed by atoms with van der Waals surface area (Å²) in [6.07, 6.45) is -4.51. The highest BCUT2D eigenvalue weighted by Gasteiger charge is 2.33. The molecule has 0 fully saturated rings. The van der Waals surface area contributed by atoms with E-state index < -0.39 is 17.4 Å². The fourth-order valence-electron chi connectivity index (χ4n) is 1.16. The molecule has 7 heteroatoms. The molecule has 0 saturated carbocycles. The van der Waals surface area contributed by atoms with Crippen LogP contribution in [-0.2, 0) is 6.18 Å². The number of halogens is 3. The van der Waals surface area contributed by atoms with Gasteiger partial charge in [-0.1, -0.05) is 0 Å². The number of anilines is 1. The van der Waals surface area contributed by atoms with Gasteiger partial charge in [0.25, 0.3) is 0 Å². The SMILES string of the molecule is CC(C)(C)N.CC(C)(C)Nc1nc(C(F)(F)F)ccc1C#N. The van der Waals surface area contributed by atoms with Gasteiger partial charge in [-0.15, -0.1) is 0 Å².